The molecule has 1 spiro atoms. The van der Waals surface area contributed by atoms with Gasteiger partial charge in [0.25, 0.3) is 0 Å². The first-order chi connectivity index (χ1) is 22.6. The minimum Gasteiger partial charge on any atom is -0.468 e. The lowest BCUT2D eigenvalue weighted by Gasteiger charge is -2.29. The number of ether oxygens (including phenoxy) is 2. The molecule has 2 aliphatic carbocycles. The Kier molecular flexibility index (Phi) is 11.4. The largest absolute Gasteiger partial charge is 0.468 e. The average Bonchev–Trinajstić information content (AvgIpc) is 3.50. The summed E-state index contributed by atoms with van der Waals surface area (Å²) in [6, 6.07) is 10.6. The summed E-state index contributed by atoms with van der Waals surface area (Å²) in [7, 11) is 4.69. The molecule has 13 heteroatoms. The monoisotopic (exact) mass is 663 g/mol. The maximum atomic E-state index is 13.0. The highest BCUT2D eigenvalue weighted by molar-refractivity contribution is 6.21. The number of imide groups is 1. The summed E-state index contributed by atoms with van der Waals surface area (Å²) >= 11 is 0. The fourth-order valence-corrected chi connectivity index (χ4v) is 6.45. The van der Waals surface area contributed by atoms with Crippen LogP contribution in [-0.4, -0.2) is 68.4 Å². The molecule has 0 aromatic heterocycles. The number of piperidine rings is 1. The Balaban J connectivity index is 0.000000249. The zero-order chi connectivity index (χ0) is 36.0. The SMILES string of the molecule is CCCC1(C(=O)OC)Cc2c(cccc2N(C)C(=O)OC(C)(C)C)C1=O.CNc1cccc2c1CC1(CCC(=O)NC1=O)C2=O.O=C=O. The fraction of sp³-hybridized carbons (Fsp3) is 0.457. The molecule has 0 saturated carbocycles. The molecule has 1 aliphatic heterocycles. The number of fused-ring (bicyclic) bond motifs is 2. The molecular formula is C35H41N3O10. The van der Waals surface area contributed by atoms with Gasteiger partial charge in [0, 0.05) is 37.3 Å². The summed E-state index contributed by atoms with van der Waals surface area (Å²) in [6.07, 6.45) is 1.94. The van der Waals surface area contributed by atoms with Crippen molar-refractivity contribution in [3.8, 4) is 0 Å². The van der Waals surface area contributed by atoms with Crippen LogP contribution < -0.4 is 15.5 Å². The predicted molar refractivity (Wildman–Crippen MR) is 172 cm³/mol. The number of nitrogens with zero attached hydrogens (tertiary/aromatic N) is 1. The summed E-state index contributed by atoms with van der Waals surface area (Å²) in [6.45, 7) is 7.30. The molecule has 13 nitrogen and oxygen atoms in total. The minimum atomic E-state index is -1.21. The number of carbonyl (C=O) groups excluding carboxylic acids is 8. The molecule has 2 atom stereocenters. The number of rotatable bonds is 5. The van der Waals surface area contributed by atoms with Crippen LogP contribution in [0.15, 0.2) is 36.4 Å². The number of esters is 1. The molecule has 48 heavy (non-hydrogen) atoms. The zero-order valence-corrected chi connectivity index (χ0v) is 28.2. The van der Waals surface area contributed by atoms with Gasteiger partial charge in [-0.2, -0.15) is 9.59 Å². The maximum Gasteiger partial charge on any atom is 0.414 e. The Morgan fingerprint density at radius 1 is 0.979 bits per heavy atom. The number of methoxy groups -OCH3 is 1. The third-order valence-electron chi connectivity index (χ3n) is 8.66. The molecule has 5 rings (SSSR count). The predicted octanol–water partition coefficient (Wildman–Crippen LogP) is 4.06. The van der Waals surface area contributed by atoms with Crippen LogP contribution >= 0.6 is 0 Å². The van der Waals surface area contributed by atoms with Crippen LogP contribution in [0.1, 0.15) is 85.2 Å². The Bertz CT molecular complexity index is 1670. The first-order valence-electron chi connectivity index (χ1n) is 15.5. The molecule has 1 heterocycles. The highest BCUT2D eigenvalue weighted by Crippen LogP contribution is 2.46. The number of anilines is 2. The molecule has 2 N–H and O–H groups in total. The number of Topliss-reactive ketones (excluding diaryl/α,β-unsaturated/α-hetero) is 2. The van der Waals surface area contributed by atoms with E-state index in [0.717, 1.165) is 11.3 Å². The van der Waals surface area contributed by atoms with Crippen molar-refractivity contribution in [2.75, 3.05) is 31.4 Å². The van der Waals surface area contributed by atoms with Gasteiger partial charge in [-0.3, -0.25) is 34.2 Å². The van der Waals surface area contributed by atoms with Crippen LogP contribution in [0.3, 0.4) is 0 Å². The third-order valence-corrected chi connectivity index (χ3v) is 8.66. The Morgan fingerprint density at radius 2 is 1.58 bits per heavy atom. The van der Waals surface area contributed by atoms with Gasteiger partial charge in [0.05, 0.1) is 12.8 Å². The Labute approximate surface area is 278 Å². The first-order valence-corrected chi connectivity index (χ1v) is 15.5. The summed E-state index contributed by atoms with van der Waals surface area (Å²) in [5.41, 5.74) is 1.15. The second-order valence-electron chi connectivity index (χ2n) is 12.8. The van der Waals surface area contributed by atoms with Gasteiger partial charge in [-0.05, 0) is 69.7 Å². The summed E-state index contributed by atoms with van der Waals surface area (Å²) in [4.78, 5) is 91.5. The highest BCUT2D eigenvalue weighted by Gasteiger charge is 2.54. The highest BCUT2D eigenvalue weighted by atomic mass is 16.6. The molecule has 2 aromatic rings. The molecule has 2 unspecified atom stereocenters. The third kappa shape index (κ3) is 7.06. The van der Waals surface area contributed by atoms with Crippen molar-refractivity contribution in [3.63, 3.8) is 0 Å². The van der Waals surface area contributed by atoms with E-state index in [0.29, 0.717) is 48.1 Å². The number of carbonyl (C=O) groups is 6. The topological polar surface area (TPSA) is 182 Å². The van der Waals surface area contributed by atoms with Gasteiger partial charge in [-0.15, -0.1) is 0 Å². The lowest BCUT2D eigenvalue weighted by atomic mass is 9.76. The lowest BCUT2D eigenvalue weighted by molar-refractivity contribution is -0.191. The van der Waals surface area contributed by atoms with E-state index >= 15 is 0 Å². The molecular weight excluding hydrogens is 622 g/mol. The van der Waals surface area contributed by atoms with Crippen molar-refractivity contribution in [2.45, 2.75) is 71.8 Å². The van der Waals surface area contributed by atoms with E-state index in [1.807, 2.05) is 13.0 Å². The standard InChI is InChI=1S/C20H27NO5.C14H14N2O3.CO2/c1-7-11-20(17(23)25-6)12-14-13(16(20)22)9-8-10-15(14)21(5)18(24)26-19(2,3)4;1-15-10-4-2-3-8-9(10)7-14(12(8)18)6-5-11(17)16-13(14)19;2-1-3/h8-10H,7,11-12H2,1-6H3;2-4,15H,5-7H2,1H3,(H,16,17,19);. The number of nitrogens with one attached hydrogen (secondary N) is 2. The smallest absolute Gasteiger partial charge is 0.414 e. The van der Waals surface area contributed by atoms with Gasteiger partial charge in [0.15, 0.2) is 11.6 Å². The van der Waals surface area contributed by atoms with Crippen LogP contribution in [0, 0.1) is 10.8 Å². The molecule has 3 aliphatic rings. The van der Waals surface area contributed by atoms with Crippen LogP contribution in [0.2, 0.25) is 0 Å². The van der Waals surface area contributed by atoms with Crippen LogP contribution in [-0.2, 0) is 46.3 Å². The molecule has 0 bridgehead atoms. The van der Waals surface area contributed by atoms with Gasteiger partial charge >= 0.3 is 18.2 Å². The maximum absolute atomic E-state index is 13.0. The van der Waals surface area contributed by atoms with Crippen molar-refractivity contribution in [1.82, 2.24) is 5.32 Å². The van der Waals surface area contributed by atoms with Crippen LogP contribution in [0.25, 0.3) is 0 Å². The zero-order valence-electron chi connectivity index (χ0n) is 28.2. The first kappa shape index (κ1) is 37.3. The van der Waals surface area contributed by atoms with Crippen LogP contribution in [0.4, 0.5) is 16.2 Å². The Morgan fingerprint density at radius 3 is 2.12 bits per heavy atom. The van der Waals surface area contributed by atoms with Crippen LogP contribution in [0.5, 0.6) is 0 Å². The fourth-order valence-electron chi connectivity index (χ4n) is 6.45. The Hall–Kier alpha value is -5.16. The van der Waals surface area contributed by atoms with E-state index in [2.05, 4.69) is 10.6 Å². The number of amides is 3. The number of hydrogen-bond acceptors (Lipinski definition) is 11. The quantitative estimate of drug-likeness (QED) is 0.267. The second kappa shape index (κ2) is 14.7. The van der Waals surface area contributed by atoms with Gasteiger partial charge < -0.3 is 14.8 Å². The minimum absolute atomic E-state index is 0.162. The van der Waals surface area contributed by atoms with Crippen molar-refractivity contribution < 1.29 is 47.8 Å². The van der Waals surface area contributed by atoms with Crippen molar-refractivity contribution in [2.24, 2.45) is 10.8 Å². The van der Waals surface area contributed by atoms with Gasteiger partial charge in [0.1, 0.15) is 16.4 Å². The average molecular weight is 664 g/mol. The van der Waals surface area contributed by atoms with Crippen molar-refractivity contribution >= 4 is 53.0 Å². The molecule has 1 saturated heterocycles. The van der Waals surface area contributed by atoms with E-state index in [4.69, 9.17) is 19.1 Å². The summed E-state index contributed by atoms with van der Waals surface area (Å²) in [5.74, 6) is -1.67. The van der Waals surface area contributed by atoms with Gasteiger partial charge in [-0.1, -0.05) is 37.6 Å². The van der Waals surface area contributed by atoms with Crippen molar-refractivity contribution in [1.29, 1.82) is 0 Å². The molecule has 1 fully saturated rings. The van der Waals surface area contributed by atoms with Gasteiger partial charge in [0.2, 0.25) is 11.8 Å². The molecule has 3 amide bonds. The summed E-state index contributed by atoms with van der Waals surface area (Å²) < 4.78 is 10.4. The number of benzene rings is 2. The van der Waals surface area contributed by atoms with Crippen molar-refractivity contribution in [3.05, 3.63) is 58.7 Å². The molecule has 2 aromatic carbocycles. The molecule has 0 radical (unpaired) electrons. The van der Waals surface area contributed by atoms with E-state index in [9.17, 15) is 28.8 Å². The lowest BCUT2D eigenvalue weighted by Crippen LogP contribution is -2.51. The number of ketones is 2. The second-order valence-corrected chi connectivity index (χ2v) is 12.8. The van der Waals surface area contributed by atoms with E-state index in [-0.39, 0.29) is 36.5 Å². The normalized spacial score (nSPS) is 20.6. The summed E-state index contributed by atoms with van der Waals surface area (Å²) in [5, 5.41) is 5.34. The van der Waals surface area contributed by atoms with E-state index in [1.165, 1.54) is 12.0 Å². The van der Waals surface area contributed by atoms with Gasteiger partial charge in [-0.25, -0.2) is 4.79 Å². The number of hydrogen-bond donors (Lipinski definition) is 2. The van der Waals surface area contributed by atoms with E-state index < -0.39 is 34.4 Å². The van der Waals surface area contributed by atoms with E-state index in [1.54, 1.807) is 65.2 Å². The molecule has 256 valence electrons.